The number of nitrogens with zero attached hydrogens (tertiary/aromatic N) is 4. The fourth-order valence-corrected chi connectivity index (χ4v) is 5.85. The lowest BCUT2D eigenvalue weighted by atomic mass is 10.0. The van der Waals surface area contributed by atoms with Crippen LogP contribution in [0.25, 0.3) is 0 Å². The van der Waals surface area contributed by atoms with E-state index in [0.717, 1.165) is 16.2 Å². The number of hydrogen-bond donors (Lipinski definition) is 5. The number of carbonyl (C=O) groups is 6. The van der Waals surface area contributed by atoms with Crippen molar-refractivity contribution in [2.75, 3.05) is 23.0 Å². The third kappa shape index (κ3) is 6.07. The molecule has 40 heavy (non-hydrogen) atoms. The Kier molecular flexibility index (Phi) is 8.70. The SMILES string of the molecule is O=CNc1ccc[n+](CC2=C(C(=O)O)N3C(=O)C(NC(=O)C(=NOCC(=O)O)c4csc(NC=O)n4)[C@@H]3SC2)c1. The van der Waals surface area contributed by atoms with E-state index in [1.807, 2.05) is 0 Å². The molecule has 1 unspecified atom stereocenters. The van der Waals surface area contributed by atoms with Gasteiger partial charge in [-0.15, -0.1) is 23.1 Å². The summed E-state index contributed by atoms with van der Waals surface area (Å²) in [6, 6.07) is 2.22. The van der Waals surface area contributed by atoms with Crippen LogP contribution in [0.3, 0.4) is 0 Å². The summed E-state index contributed by atoms with van der Waals surface area (Å²) in [4.78, 5) is 80.4. The number of fused-ring (bicyclic) bond motifs is 1. The number of nitrogens with one attached hydrogen (secondary N) is 3. The molecule has 0 bridgehead atoms. The van der Waals surface area contributed by atoms with Gasteiger partial charge in [-0.05, 0) is 6.07 Å². The molecule has 1 saturated heterocycles. The minimum Gasteiger partial charge on any atom is -0.479 e. The number of aromatic nitrogens is 2. The summed E-state index contributed by atoms with van der Waals surface area (Å²) in [7, 11) is 0. The lowest BCUT2D eigenvalue weighted by molar-refractivity contribution is -0.688. The molecule has 2 aliphatic rings. The Hall–Kier alpha value is -4.84. The number of oxime groups is 1. The van der Waals surface area contributed by atoms with E-state index < -0.39 is 47.5 Å². The van der Waals surface area contributed by atoms with Crippen LogP contribution in [0.1, 0.15) is 5.69 Å². The van der Waals surface area contributed by atoms with Crippen LogP contribution in [0.5, 0.6) is 0 Å². The van der Waals surface area contributed by atoms with Crippen molar-refractivity contribution in [1.82, 2.24) is 15.2 Å². The van der Waals surface area contributed by atoms with Crippen molar-refractivity contribution in [3.05, 3.63) is 46.9 Å². The number of carboxylic acid groups (broad SMARTS) is 2. The molecule has 4 rings (SSSR count). The Morgan fingerprint density at radius 2 is 2.02 bits per heavy atom. The van der Waals surface area contributed by atoms with E-state index in [2.05, 4.69) is 26.1 Å². The number of carbonyl (C=O) groups excluding carboxylic acids is 4. The average molecular weight is 591 g/mol. The van der Waals surface area contributed by atoms with E-state index in [9.17, 15) is 33.9 Å². The van der Waals surface area contributed by atoms with E-state index in [4.69, 9.17) is 9.94 Å². The van der Waals surface area contributed by atoms with Gasteiger partial charge >= 0.3 is 11.9 Å². The molecule has 0 aromatic carbocycles. The first-order chi connectivity index (χ1) is 19.2. The van der Waals surface area contributed by atoms with Crippen molar-refractivity contribution in [1.29, 1.82) is 0 Å². The largest absolute Gasteiger partial charge is 0.479 e. The van der Waals surface area contributed by atoms with Crippen LogP contribution >= 0.6 is 23.1 Å². The summed E-state index contributed by atoms with van der Waals surface area (Å²) in [5.41, 5.74) is 0.246. The molecule has 2 aliphatic heterocycles. The Morgan fingerprint density at radius 1 is 1.25 bits per heavy atom. The Balaban J connectivity index is 1.53. The summed E-state index contributed by atoms with van der Waals surface area (Å²) in [5, 5.41) is 30.4. The number of carboxylic acids is 2. The molecule has 0 saturated carbocycles. The first-order valence-corrected chi connectivity index (χ1v) is 13.1. The van der Waals surface area contributed by atoms with E-state index >= 15 is 0 Å². The molecule has 0 spiro atoms. The molecule has 2 aromatic rings. The first kappa shape index (κ1) is 28.2. The summed E-state index contributed by atoms with van der Waals surface area (Å²) < 4.78 is 1.66. The van der Waals surface area contributed by atoms with Crippen molar-refractivity contribution in [3.63, 3.8) is 0 Å². The van der Waals surface area contributed by atoms with Crippen LogP contribution in [0, 0.1) is 0 Å². The third-order valence-electron chi connectivity index (χ3n) is 5.48. The lowest BCUT2D eigenvalue weighted by Crippen LogP contribution is -2.71. The average Bonchev–Trinajstić information content (AvgIpc) is 3.37. The van der Waals surface area contributed by atoms with Crippen molar-refractivity contribution in [2.24, 2.45) is 5.16 Å². The quantitative estimate of drug-likeness (QED) is 0.0614. The summed E-state index contributed by atoms with van der Waals surface area (Å²) in [6.45, 7) is -0.716. The maximum atomic E-state index is 13.1. The van der Waals surface area contributed by atoms with Gasteiger partial charge in [-0.2, -0.15) is 4.57 Å². The Bertz CT molecular complexity index is 1440. The predicted octanol–water partition coefficient (Wildman–Crippen LogP) is -1.19. The number of amides is 4. The fourth-order valence-electron chi connectivity index (χ4n) is 3.86. The molecule has 4 amide bonds. The summed E-state index contributed by atoms with van der Waals surface area (Å²) >= 11 is 2.21. The normalized spacial score (nSPS) is 18.2. The van der Waals surface area contributed by atoms with E-state index in [0.29, 0.717) is 24.1 Å². The second-order valence-corrected chi connectivity index (χ2v) is 10.0. The predicted molar refractivity (Wildman–Crippen MR) is 138 cm³/mol. The van der Waals surface area contributed by atoms with Gasteiger partial charge < -0.3 is 31.0 Å². The molecule has 0 aliphatic carbocycles. The second-order valence-electron chi connectivity index (χ2n) is 8.05. The van der Waals surface area contributed by atoms with Crippen LogP contribution in [0.4, 0.5) is 10.8 Å². The number of β-lactam (4-membered cyclic amide) rings is 1. The number of hydrogen-bond acceptors (Lipinski definition) is 11. The highest BCUT2D eigenvalue weighted by Gasteiger charge is 2.54. The Labute approximate surface area is 232 Å². The highest BCUT2D eigenvalue weighted by Crippen LogP contribution is 2.40. The van der Waals surface area contributed by atoms with Gasteiger partial charge in [0.1, 0.15) is 28.5 Å². The second kappa shape index (κ2) is 12.3. The summed E-state index contributed by atoms with van der Waals surface area (Å²) in [5.74, 6) is -4.02. The molecular weight excluding hydrogens is 570 g/mol. The maximum Gasteiger partial charge on any atom is 0.352 e. The molecule has 18 heteroatoms. The van der Waals surface area contributed by atoms with E-state index in [1.54, 1.807) is 29.1 Å². The smallest absolute Gasteiger partial charge is 0.352 e. The molecular formula is C22H20N7O9S2+. The van der Waals surface area contributed by atoms with Crippen LogP contribution in [-0.4, -0.2) is 86.2 Å². The minimum absolute atomic E-state index is 0.0473. The van der Waals surface area contributed by atoms with E-state index in [-0.39, 0.29) is 28.8 Å². The summed E-state index contributed by atoms with van der Waals surface area (Å²) in [6.07, 6.45) is 4.18. The van der Waals surface area contributed by atoms with Gasteiger partial charge in [-0.1, -0.05) is 5.16 Å². The number of rotatable bonds is 13. The molecule has 1 fully saturated rings. The van der Waals surface area contributed by atoms with Crippen molar-refractivity contribution in [3.8, 4) is 0 Å². The zero-order chi connectivity index (χ0) is 28.8. The van der Waals surface area contributed by atoms with Gasteiger partial charge in [-0.25, -0.2) is 14.6 Å². The van der Waals surface area contributed by atoms with Crippen molar-refractivity contribution >= 4 is 76.2 Å². The maximum absolute atomic E-state index is 13.1. The number of thioether (sulfide) groups is 1. The topological polar surface area (TPSA) is 221 Å². The molecule has 2 atom stereocenters. The van der Waals surface area contributed by atoms with Gasteiger partial charge in [0, 0.05) is 22.8 Å². The number of anilines is 2. The van der Waals surface area contributed by atoms with E-state index in [1.165, 1.54) is 17.1 Å². The number of aliphatic carboxylic acids is 2. The van der Waals surface area contributed by atoms with Gasteiger partial charge in [0.15, 0.2) is 29.8 Å². The van der Waals surface area contributed by atoms with Crippen LogP contribution < -0.4 is 20.5 Å². The zero-order valence-corrected chi connectivity index (χ0v) is 21.8. The molecule has 2 aromatic heterocycles. The van der Waals surface area contributed by atoms with Crippen molar-refractivity contribution in [2.45, 2.75) is 18.0 Å². The van der Waals surface area contributed by atoms with Gasteiger partial charge in [-0.3, -0.25) is 24.1 Å². The molecule has 16 nitrogen and oxygen atoms in total. The van der Waals surface area contributed by atoms with Crippen LogP contribution in [-0.2, 0) is 40.1 Å². The van der Waals surface area contributed by atoms with Crippen LogP contribution in [0.2, 0.25) is 0 Å². The fraction of sp³-hybridized carbons (Fsp3) is 0.227. The van der Waals surface area contributed by atoms with Gasteiger partial charge in [0.25, 0.3) is 11.8 Å². The minimum atomic E-state index is -1.35. The highest BCUT2D eigenvalue weighted by atomic mass is 32.2. The standard InChI is InChI=1S/C22H19N7O9S2/c30-9-23-12-2-1-3-28(5-12)4-11-7-39-20-16(19(35)29(20)17(11)21(36)37)26-18(34)15(27-38-6-14(32)33)13-8-40-22(25-13)24-10-31/h1-3,5,8-10,16,20H,4,6-7H2,(H4-,23,24,25,26,30,31,32,33,34,36,37)/p+1/t16?,20-/m0/s1. The third-order valence-corrected chi connectivity index (χ3v) is 7.59. The lowest BCUT2D eigenvalue weighted by Gasteiger charge is -2.49. The molecule has 0 radical (unpaired) electrons. The monoisotopic (exact) mass is 590 g/mol. The number of thiazole rings is 1. The Morgan fingerprint density at radius 3 is 2.73 bits per heavy atom. The highest BCUT2D eigenvalue weighted by molar-refractivity contribution is 8.00. The molecule has 5 N–H and O–H groups in total. The van der Waals surface area contributed by atoms with Crippen molar-refractivity contribution < 1.29 is 48.4 Å². The van der Waals surface area contributed by atoms with Crippen LogP contribution in [0.15, 0.2) is 46.3 Å². The first-order valence-electron chi connectivity index (χ1n) is 11.2. The number of pyridine rings is 1. The van der Waals surface area contributed by atoms with Gasteiger partial charge in [0.2, 0.25) is 19.4 Å². The van der Waals surface area contributed by atoms with Gasteiger partial charge in [0.05, 0.1) is 0 Å². The molecule has 4 heterocycles. The molecule has 208 valence electrons. The zero-order valence-electron chi connectivity index (χ0n) is 20.2.